The van der Waals surface area contributed by atoms with E-state index >= 15 is 0 Å². The van der Waals surface area contributed by atoms with E-state index in [-0.39, 0.29) is 17.8 Å². The van der Waals surface area contributed by atoms with E-state index in [2.05, 4.69) is 17.2 Å². The fraction of sp³-hybridized carbons (Fsp3) is 0.360. The maximum absolute atomic E-state index is 13.8. The normalized spacial score (nSPS) is 20.1. The van der Waals surface area contributed by atoms with Crippen molar-refractivity contribution in [3.05, 3.63) is 76.7 Å². The molecule has 1 aromatic heterocycles. The first kappa shape index (κ1) is 20.8. The summed E-state index contributed by atoms with van der Waals surface area (Å²) < 4.78 is 13.8. The second-order valence-corrected chi connectivity index (χ2v) is 8.60. The molecule has 1 amide bonds. The predicted molar refractivity (Wildman–Crippen MR) is 119 cm³/mol. The van der Waals surface area contributed by atoms with Gasteiger partial charge in [-0.05, 0) is 98.0 Å². The number of carbonyl (C=O) groups is 1. The SMILES string of the molecule is CCC(NC(=O)c1ccc(Cl)cc1)[C@H]1CC[C@H](c2ccnc3ccc(F)cc32)CC1. The van der Waals surface area contributed by atoms with Crippen molar-refractivity contribution < 1.29 is 9.18 Å². The summed E-state index contributed by atoms with van der Waals surface area (Å²) in [5.74, 6) is 0.586. The smallest absolute Gasteiger partial charge is 0.251 e. The topological polar surface area (TPSA) is 42.0 Å². The Labute approximate surface area is 181 Å². The van der Waals surface area contributed by atoms with Crippen molar-refractivity contribution in [2.45, 2.75) is 51.0 Å². The zero-order valence-electron chi connectivity index (χ0n) is 17.1. The lowest BCUT2D eigenvalue weighted by Gasteiger charge is -2.34. The number of halogens is 2. The highest BCUT2D eigenvalue weighted by Gasteiger charge is 2.29. The summed E-state index contributed by atoms with van der Waals surface area (Å²) in [7, 11) is 0. The van der Waals surface area contributed by atoms with Crippen LogP contribution in [0.4, 0.5) is 4.39 Å². The third-order valence-corrected chi connectivity index (χ3v) is 6.63. The summed E-state index contributed by atoms with van der Waals surface area (Å²) in [6.07, 6.45) is 6.88. The minimum absolute atomic E-state index is 0.0451. The molecule has 1 heterocycles. The highest BCUT2D eigenvalue weighted by Crippen LogP contribution is 2.39. The molecule has 2 aromatic carbocycles. The Kier molecular flexibility index (Phi) is 6.33. The molecule has 5 heteroatoms. The lowest BCUT2D eigenvalue weighted by Crippen LogP contribution is -2.41. The van der Waals surface area contributed by atoms with Crippen LogP contribution < -0.4 is 5.32 Å². The van der Waals surface area contributed by atoms with Crippen LogP contribution in [0.5, 0.6) is 0 Å². The van der Waals surface area contributed by atoms with Crippen LogP contribution in [0.3, 0.4) is 0 Å². The van der Waals surface area contributed by atoms with Gasteiger partial charge in [0, 0.05) is 28.2 Å². The summed E-state index contributed by atoms with van der Waals surface area (Å²) in [4.78, 5) is 17.0. The molecule has 4 rings (SSSR count). The predicted octanol–water partition coefficient (Wildman–Crippen LogP) is 6.51. The van der Waals surface area contributed by atoms with E-state index in [9.17, 15) is 9.18 Å². The first-order valence-electron chi connectivity index (χ1n) is 10.7. The van der Waals surface area contributed by atoms with Crippen LogP contribution in [0.15, 0.2) is 54.7 Å². The van der Waals surface area contributed by atoms with Crippen molar-refractivity contribution in [2.75, 3.05) is 0 Å². The maximum atomic E-state index is 13.8. The number of nitrogens with zero attached hydrogens (tertiary/aromatic N) is 1. The first-order chi connectivity index (χ1) is 14.5. The van der Waals surface area contributed by atoms with E-state index < -0.39 is 0 Å². The van der Waals surface area contributed by atoms with Gasteiger partial charge in [0.25, 0.3) is 5.91 Å². The van der Waals surface area contributed by atoms with Crippen molar-refractivity contribution in [3.8, 4) is 0 Å². The lowest BCUT2D eigenvalue weighted by molar-refractivity contribution is 0.0909. The van der Waals surface area contributed by atoms with E-state index in [4.69, 9.17) is 11.6 Å². The van der Waals surface area contributed by atoms with Gasteiger partial charge in [0.1, 0.15) is 5.82 Å². The largest absolute Gasteiger partial charge is 0.349 e. The molecule has 1 saturated carbocycles. The zero-order chi connectivity index (χ0) is 21.1. The van der Waals surface area contributed by atoms with Gasteiger partial charge in [-0.1, -0.05) is 18.5 Å². The highest BCUT2D eigenvalue weighted by molar-refractivity contribution is 6.30. The van der Waals surface area contributed by atoms with E-state index in [0.29, 0.717) is 22.4 Å². The number of aromatic nitrogens is 1. The Morgan fingerprint density at radius 1 is 1.13 bits per heavy atom. The summed E-state index contributed by atoms with van der Waals surface area (Å²) in [5, 5.41) is 4.77. The molecule has 1 aliphatic rings. The molecule has 0 spiro atoms. The summed E-state index contributed by atoms with van der Waals surface area (Å²) in [6, 6.07) is 14.0. The molecule has 1 fully saturated rings. The molecular weight excluding hydrogens is 399 g/mol. The number of hydrogen-bond acceptors (Lipinski definition) is 2. The highest BCUT2D eigenvalue weighted by atomic mass is 35.5. The molecule has 3 aromatic rings. The minimum atomic E-state index is -0.221. The van der Waals surface area contributed by atoms with Gasteiger partial charge in [-0.3, -0.25) is 9.78 Å². The Bertz CT molecular complexity index is 1030. The van der Waals surface area contributed by atoms with Gasteiger partial charge >= 0.3 is 0 Å². The fourth-order valence-electron chi connectivity index (χ4n) is 4.73. The molecule has 1 unspecified atom stereocenters. The maximum Gasteiger partial charge on any atom is 0.251 e. The lowest BCUT2D eigenvalue weighted by atomic mass is 9.75. The van der Waals surface area contributed by atoms with Gasteiger partial charge < -0.3 is 5.32 Å². The molecule has 3 nitrogen and oxygen atoms in total. The number of benzene rings is 2. The third-order valence-electron chi connectivity index (χ3n) is 6.38. The number of fused-ring (bicyclic) bond motifs is 1. The van der Waals surface area contributed by atoms with E-state index in [1.165, 1.54) is 11.6 Å². The van der Waals surface area contributed by atoms with Gasteiger partial charge in [-0.15, -0.1) is 0 Å². The molecule has 1 N–H and O–H groups in total. The van der Waals surface area contributed by atoms with Crippen LogP contribution in [0.2, 0.25) is 5.02 Å². The van der Waals surface area contributed by atoms with Crippen molar-refractivity contribution in [1.82, 2.24) is 10.3 Å². The van der Waals surface area contributed by atoms with Crippen molar-refractivity contribution >= 4 is 28.4 Å². The fourth-order valence-corrected chi connectivity index (χ4v) is 4.86. The average molecular weight is 425 g/mol. The molecule has 0 radical (unpaired) electrons. The number of hydrogen-bond donors (Lipinski definition) is 1. The first-order valence-corrected chi connectivity index (χ1v) is 11.0. The second-order valence-electron chi connectivity index (χ2n) is 8.17. The number of amides is 1. The monoisotopic (exact) mass is 424 g/mol. The van der Waals surface area contributed by atoms with E-state index in [0.717, 1.165) is 43.0 Å². The molecule has 0 bridgehead atoms. The number of nitrogens with one attached hydrogen (secondary N) is 1. The minimum Gasteiger partial charge on any atom is -0.349 e. The van der Waals surface area contributed by atoms with Crippen molar-refractivity contribution in [1.29, 1.82) is 0 Å². The summed E-state index contributed by atoms with van der Waals surface area (Å²) in [5.41, 5.74) is 2.67. The van der Waals surface area contributed by atoms with Crippen LogP contribution in [-0.4, -0.2) is 16.9 Å². The van der Waals surface area contributed by atoms with Crippen molar-refractivity contribution in [2.24, 2.45) is 5.92 Å². The third kappa shape index (κ3) is 4.49. The Morgan fingerprint density at radius 2 is 1.87 bits per heavy atom. The molecule has 0 saturated heterocycles. The summed E-state index contributed by atoms with van der Waals surface area (Å²) in [6.45, 7) is 2.12. The molecule has 1 atom stereocenters. The number of rotatable bonds is 5. The standard InChI is InChI=1S/C25H26ClFN2O/c1-2-23(29-25(30)18-7-9-19(26)10-8-18)17-5-3-16(4-6-17)21-13-14-28-24-12-11-20(27)15-22(21)24/h7-17,23H,2-6H2,1H3,(H,29,30)/t16-,17-,23?. The molecule has 156 valence electrons. The molecule has 1 aliphatic carbocycles. The Balaban J connectivity index is 1.43. The van der Waals surface area contributed by atoms with Crippen LogP contribution in [0.25, 0.3) is 10.9 Å². The quantitative estimate of drug-likeness (QED) is 0.507. The average Bonchev–Trinajstić information content (AvgIpc) is 2.77. The van der Waals surface area contributed by atoms with Crippen LogP contribution in [0, 0.1) is 11.7 Å². The zero-order valence-corrected chi connectivity index (χ0v) is 17.8. The van der Waals surface area contributed by atoms with Crippen LogP contribution >= 0.6 is 11.6 Å². The van der Waals surface area contributed by atoms with Gasteiger partial charge in [0.2, 0.25) is 0 Å². The van der Waals surface area contributed by atoms with Crippen molar-refractivity contribution in [3.63, 3.8) is 0 Å². The van der Waals surface area contributed by atoms with Gasteiger partial charge in [0.05, 0.1) is 5.52 Å². The van der Waals surface area contributed by atoms with Gasteiger partial charge in [0.15, 0.2) is 0 Å². The Morgan fingerprint density at radius 3 is 2.57 bits per heavy atom. The number of pyridine rings is 1. The molecule has 30 heavy (non-hydrogen) atoms. The van der Waals surface area contributed by atoms with Crippen LogP contribution in [0.1, 0.15) is 60.9 Å². The molecular formula is C25H26ClFN2O. The van der Waals surface area contributed by atoms with Gasteiger partial charge in [-0.25, -0.2) is 4.39 Å². The second kappa shape index (κ2) is 9.13. The Hall–Kier alpha value is -2.46. The molecule has 0 aliphatic heterocycles. The van der Waals surface area contributed by atoms with Gasteiger partial charge in [-0.2, -0.15) is 0 Å². The van der Waals surface area contributed by atoms with Crippen LogP contribution in [-0.2, 0) is 0 Å². The summed E-state index contributed by atoms with van der Waals surface area (Å²) >= 11 is 5.92. The van der Waals surface area contributed by atoms with E-state index in [1.807, 2.05) is 12.3 Å². The number of carbonyl (C=O) groups excluding carboxylic acids is 1. The van der Waals surface area contributed by atoms with E-state index in [1.54, 1.807) is 36.4 Å².